The normalized spacial score (nSPS) is 15.3. The summed E-state index contributed by atoms with van der Waals surface area (Å²) in [7, 11) is 1.38. The summed E-state index contributed by atoms with van der Waals surface area (Å²) in [6.45, 7) is 2.24. The van der Waals surface area contributed by atoms with Crippen molar-refractivity contribution in [2.45, 2.75) is 43.5 Å². The highest BCUT2D eigenvalue weighted by Crippen LogP contribution is 2.38. The van der Waals surface area contributed by atoms with Gasteiger partial charge in [0.05, 0.1) is 23.7 Å². The summed E-state index contributed by atoms with van der Waals surface area (Å²) in [6.07, 6.45) is 4.29. The van der Waals surface area contributed by atoms with Crippen LogP contribution in [0.2, 0.25) is 0 Å². The Morgan fingerprint density at radius 2 is 2.03 bits per heavy atom. The van der Waals surface area contributed by atoms with Crippen LogP contribution >= 0.6 is 23.1 Å². The molecule has 5 nitrogen and oxygen atoms in total. The van der Waals surface area contributed by atoms with Gasteiger partial charge in [0.2, 0.25) is 0 Å². The molecule has 34 heavy (non-hydrogen) atoms. The van der Waals surface area contributed by atoms with Crippen LogP contribution in [-0.4, -0.2) is 22.6 Å². The summed E-state index contributed by atoms with van der Waals surface area (Å²) >= 11 is 3.19. The first-order valence-electron chi connectivity index (χ1n) is 11.5. The van der Waals surface area contributed by atoms with Crippen molar-refractivity contribution in [1.82, 2.24) is 9.55 Å². The van der Waals surface area contributed by atoms with Gasteiger partial charge in [-0.3, -0.25) is 9.36 Å². The first-order chi connectivity index (χ1) is 16.6. The van der Waals surface area contributed by atoms with E-state index < -0.39 is 0 Å². The zero-order valence-corrected chi connectivity index (χ0v) is 20.9. The number of fused-ring (bicyclic) bond motifs is 3. The topological polar surface area (TPSA) is 61.2 Å². The fourth-order valence-corrected chi connectivity index (χ4v) is 6.91. The van der Waals surface area contributed by atoms with Crippen molar-refractivity contribution < 1.29 is 9.53 Å². The Kier molecular flexibility index (Phi) is 6.57. The Balaban J connectivity index is 1.58. The third-order valence-electron chi connectivity index (χ3n) is 6.46. The molecule has 7 heteroatoms. The van der Waals surface area contributed by atoms with Gasteiger partial charge in [0.1, 0.15) is 4.83 Å². The molecule has 0 radical (unpaired) electrons. The number of esters is 1. The minimum absolute atomic E-state index is 0.00876. The maximum absolute atomic E-state index is 13.9. The zero-order chi connectivity index (χ0) is 23.7. The lowest BCUT2D eigenvalue weighted by Gasteiger charge is -2.20. The van der Waals surface area contributed by atoms with Crippen LogP contribution in [0.4, 0.5) is 0 Å². The van der Waals surface area contributed by atoms with Gasteiger partial charge in [0.15, 0.2) is 5.16 Å². The van der Waals surface area contributed by atoms with Gasteiger partial charge in [-0.15, -0.1) is 11.3 Å². The molecular formula is C27H26N2O3S2. The highest BCUT2D eigenvalue weighted by atomic mass is 32.2. The number of para-hydroxylation sites is 1. The number of thioether (sulfide) groups is 1. The largest absolute Gasteiger partial charge is 0.465 e. The lowest BCUT2D eigenvalue weighted by molar-refractivity contribution is 0.0600. The number of aryl methyl sites for hydroxylation is 1. The molecule has 5 rings (SSSR count). The average molecular weight is 491 g/mol. The second kappa shape index (κ2) is 9.76. The van der Waals surface area contributed by atoms with Crippen LogP contribution in [0.25, 0.3) is 15.9 Å². The monoisotopic (exact) mass is 490 g/mol. The minimum Gasteiger partial charge on any atom is -0.465 e. The van der Waals surface area contributed by atoms with E-state index in [-0.39, 0.29) is 11.5 Å². The van der Waals surface area contributed by atoms with Gasteiger partial charge in [-0.1, -0.05) is 55.4 Å². The third-order valence-corrected chi connectivity index (χ3v) is 8.62. The standard InChI is InChI=1S/C27H26N2O3S2/c1-3-17-12-13-21-22(15-17)34-24-23(21)25(30)29(20-10-5-4-6-11-20)27(28-24)33-16-18-8-7-9-19(14-18)26(31)32-2/h4-11,14,17H,3,12-13,15-16H2,1-2H3. The van der Waals surface area contributed by atoms with Crippen LogP contribution in [0.1, 0.15) is 46.1 Å². The van der Waals surface area contributed by atoms with E-state index in [2.05, 4.69) is 6.92 Å². The second-order valence-electron chi connectivity index (χ2n) is 8.55. The van der Waals surface area contributed by atoms with Crippen LogP contribution in [0, 0.1) is 5.92 Å². The molecule has 0 bridgehead atoms. The molecular weight excluding hydrogens is 464 g/mol. The lowest BCUT2D eigenvalue weighted by atomic mass is 9.86. The number of nitrogens with zero attached hydrogens (tertiary/aromatic N) is 2. The fourth-order valence-electron chi connectivity index (χ4n) is 4.58. The van der Waals surface area contributed by atoms with Gasteiger partial charge < -0.3 is 4.74 Å². The summed E-state index contributed by atoms with van der Waals surface area (Å²) < 4.78 is 6.59. The van der Waals surface area contributed by atoms with Crippen molar-refractivity contribution in [2.75, 3.05) is 7.11 Å². The molecule has 1 unspecified atom stereocenters. The molecule has 0 spiro atoms. The Morgan fingerprint density at radius 3 is 2.79 bits per heavy atom. The minimum atomic E-state index is -0.359. The van der Waals surface area contributed by atoms with Crippen molar-refractivity contribution in [3.63, 3.8) is 0 Å². The van der Waals surface area contributed by atoms with E-state index in [4.69, 9.17) is 9.72 Å². The molecule has 1 aliphatic carbocycles. The number of benzene rings is 2. The predicted molar refractivity (Wildman–Crippen MR) is 138 cm³/mol. The summed E-state index contributed by atoms with van der Waals surface area (Å²) in [5.41, 5.74) is 3.51. The number of methoxy groups -OCH3 is 1. The smallest absolute Gasteiger partial charge is 0.337 e. The number of carbonyl (C=O) groups excluding carboxylic acids is 1. The molecule has 2 heterocycles. The van der Waals surface area contributed by atoms with E-state index in [1.54, 1.807) is 22.0 Å². The van der Waals surface area contributed by atoms with E-state index in [0.717, 1.165) is 40.7 Å². The average Bonchev–Trinajstić information content (AvgIpc) is 3.25. The van der Waals surface area contributed by atoms with Crippen LogP contribution in [0.15, 0.2) is 64.5 Å². The second-order valence-corrected chi connectivity index (χ2v) is 10.6. The molecule has 2 aromatic heterocycles. The van der Waals surface area contributed by atoms with Gasteiger partial charge in [-0.25, -0.2) is 9.78 Å². The quantitative estimate of drug-likeness (QED) is 0.187. The van der Waals surface area contributed by atoms with Gasteiger partial charge >= 0.3 is 5.97 Å². The molecule has 0 aliphatic heterocycles. The summed E-state index contributed by atoms with van der Waals surface area (Å²) in [4.78, 5) is 33.0. The number of thiophene rings is 1. The summed E-state index contributed by atoms with van der Waals surface area (Å²) in [5, 5.41) is 1.45. The highest BCUT2D eigenvalue weighted by Gasteiger charge is 2.26. The molecule has 0 saturated carbocycles. The Hall–Kier alpha value is -2.90. The maximum atomic E-state index is 13.9. The van der Waals surface area contributed by atoms with Gasteiger partial charge in [-0.2, -0.15) is 0 Å². The van der Waals surface area contributed by atoms with Crippen molar-refractivity contribution in [3.8, 4) is 5.69 Å². The molecule has 2 aromatic carbocycles. The first-order valence-corrected chi connectivity index (χ1v) is 13.3. The van der Waals surface area contributed by atoms with E-state index in [1.807, 2.05) is 48.5 Å². The van der Waals surface area contributed by atoms with Crippen LogP contribution in [-0.2, 0) is 23.3 Å². The third kappa shape index (κ3) is 4.30. The van der Waals surface area contributed by atoms with E-state index >= 15 is 0 Å². The Bertz CT molecular complexity index is 1410. The van der Waals surface area contributed by atoms with Gasteiger partial charge in [0, 0.05) is 10.6 Å². The highest BCUT2D eigenvalue weighted by molar-refractivity contribution is 7.98. The molecule has 0 N–H and O–H groups in total. The van der Waals surface area contributed by atoms with E-state index in [9.17, 15) is 9.59 Å². The maximum Gasteiger partial charge on any atom is 0.337 e. The SMILES string of the molecule is CCC1CCc2c(sc3nc(SCc4cccc(C(=O)OC)c4)n(-c4ccccc4)c(=O)c23)C1. The van der Waals surface area contributed by atoms with Crippen molar-refractivity contribution in [3.05, 3.63) is 86.5 Å². The van der Waals surface area contributed by atoms with Crippen molar-refractivity contribution >= 4 is 39.3 Å². The number of rotatable bonds is 6. The Labute approximate surface area is 206 Å². The van der Waals surface area contributed by atoms with E-state index in [0.29, 0.717) is 22.4 Å². The van der Waals surface area contributed by atoms with Crippen molar-refractivity contribution in [1.29, 1.82) is 0 Å². The van der Waals surface area contributed by atoms with E-state index in [1.165, 1.54) is 35.7 Å². The molecule has 1 atom stereocenters. The summed E-state index contributed by atoms with van der Waals surface area (Å²) in [5.74, 6) is 0.911. The molecule has 0 saturated heterocycles. The number of hydrogen-bond donors (Lipinski definition) is 0. The first kappa shape index (κ1) is 22.9. The zero-order valence-electron chi connectivity index (χ0n) is 19.2. The van der Waals surface area contributed by atoms with Gasteiger partial charge in [-0.05, 0) is 60.6 Å². The van der Waals surface area contributed by atoms with Crippen LogP contribution in [0.3, 0.4) is 0 Å². The molecule has 174 valence electrons. The molecule has 1 aliphatic rings. The fraction of sp³-hybridized carbons (Fsp3) is 0.296. The number of hydrogen-bond acceptors (Lipinski definition) is 6. The summed E-state index contributed by atoms with van der Waals surface area (Å²) in [6, 6.07) is 17.1. The van der Waals surface area contributed by atoms with Crippen LogP contribution < -0.4 is 5.56 Å². The predicted octanol–water partition coefficient (Wildman–Crippen LogP) is 6.04. The molecule has 4 aromatic rings. The van der Waals surface area contributed by atoms with Crippen LogP contribution in [0.5, 0.6) is 0 Å². The Morgan fingerprint density at radius 1 is 1.21 bits per heavy atom. The van der Waals surface area contributed by atoms with Crippen molar-refractivity contribution in [2.24, 2.45) is 5.92 Å². The molecule has 0 fully saturated rings. The van der Waals surface area contributed by atoms with Gasteiger partial charge in [0.25, 0.3) is 5.56 Å². The number of aromatic nitrogens is 2. The number of ether oxygens (including phenoxy) is 1. The lowest BCUT2D eigenvalue weighted by Crippen LogP contribution is -2.22. The number of carbonyl (C=O) groups is 1. The molecule has 0 amide bonds.